The maximum Gasteiger partial charge on any atom is 0.193 e. The quantitative estimate of drug-likeness (QED) is 0.326. The zero-order chi connectivity index (χ0) is 14.6. The van der Waals surface area contributed by atoms with E-state index >= 15 is 0 Å². The number of thiophene rings is 1. The Labute approximate surface area is 127 Å². The molecule has 0 bridgehead atoms. The molecule has 0 saturated heterocycles. The second kappa shape index (κ2) is 10.5. The minimum Gasteiger partial charge on any atom is -0.356 e. The summed E-state index contributed by atoms with van der Waals surface area (Å²) >= 11 is 1.75. The monoisotopic (exact) mass is 293 g/mol. The van der Waals surface area contributed by atoms with Gasteiger partial charge in [0.25, 0.3) is 0 Å². The van der Waals surface area contributed by atoms with E-state index in [1.807, 2.05) is 13.1 Å². The number of rotatable bonds is 9. The smallest absolute Gasteiger partial charge is 0.193 e. The standard InChI is InChI=1S/C16H27N3S/c1-4-5-6-7-8-12-19(3)16(17-2)18-11-9-15-10-13-20-14-15/h4,10,13-14H,1,5-9,11-12H2,2-3H3,(H,17,18). The summed E-state index contributed by atoms with van der Waals surface area (Å²) in [6.45, 7) is 5.74. The van der Waals surface area contributed by atoms with Crippen molar-refractivity contribution >= 4 is 17.3 Å². The Balaban J connectivity index is 2.18. The summed E-state index contributed by atoms with van der Waals surface area (Å²) in [6.07, 6.45) is 7.86. The Bertz CT molecular complexity index is 384. The zero-order valence-electron chi connectivity index (χ0n) is 12.8. The second-order valence-corrected chi connectivity index (χ2v) is 5.70. The Morgan fingerprint density at radius 2 is 2.30 bits per heavy atom. The number of hydrogen-bond acceptors (Lipinski definition) is 2. The van der Waals surface area contributed by atoms with E-state index in [1.54, 1.807) is 11.3 Å². The van der Waals surface area contributed by atoms with Crippen LogP contribution in [-0.4, -0.2) is 38.0 Å². The highest BCUT2D eigenvalue weighted by Gasteiger charge is 2.04. The number of allylic oxidation sites excluding steroid dienone is 1. The lowest BCUT2D eigenvalue weighted by Crippen LogP contribution is -2.40. The molecule has 0 atom stereocenters. The van der Waals surface area contributed by atoms with E-state index in [9.17, 15) is 0 Å². The SMILES string of the molecule is C=CCCCCCN(C)C(=NC)NCCc1ccsc1. The van der Waals surface area contributed by atoms with Crippen LogP contribution in [-0.2, 0) is 6.42 Å². The van der Waals surface area contributed by atoms with Crippen LogP contribution >= 0.6 is 11.3 Å². The molecule has 4 heteroatoms. The predicted molar refractivity (Wildman–Crippen MR) is 90.7 cm³/mol. The van der Waals surface area contributed by atoms with E-state index < -0.39 is 0 Å². The first-order chi connectivity index (χ1) is 9.77. The Hall–Kier alpha value is -1.29. The van der Waals surface area contributed by atoms with Crippen molar-refractivity contribution in [3.8, 4) is 0 Å². The highest BCUT2D eigenvalue weighted by molar-refractivity contribution is 7.07. The van der Waals surface area contributed by atoms with Gasteiger partial charge in [0, 0.05) is 27.2 Å². The molecule has 1 aromatic heterocycles. The lowest BCUT2D eigenvalue weighted by molar-refractivity contribution is 0.455. The van der Waals surface area contributed by atoms with Gasteiger partial charge in [0.1, 0.15) is 0 Å². The molecule has 0 fully saturated rings. The largest absolute Gasteiger partial charge is 0.356 e. The zero-order valence-corrected chi connectivity index (χ0v) is 13.6. The molecular weight excluding hydrogens is 266 g/mol. The van der Waals surface area contributed by atoms with Gasteiger partial charge in [0.05, 0.1) is 0 Å². The molecule has 0 spiro atoms. The summed E-state index contributed by atoms with van der Waals surface area (Å²) < 4.78 is 0. The molecule has 0 radical (unpaired) electrons. The van der Waals surface area contributed by atoms with E-state index in [0.29, 0.717) is 0 Å². The van der Waals surface area contributed by atoms with Crippen LogP contribution < -0.4 is 5.32 Å². The molecule has 1 heterocycles. The Kier molecular flexibility index (Phi) is 8.79. The summed E-state index contributed by atoms with van der Waals surface area (Å²) in [6, 6.07) is 2.18. The normalized spacial score (nSPS) is 11.4. The van der Waals surface area contributed by atoms with Gasteiger partial charge in [-0.1, -0.05) is 12.5 Å². The van der Waals surface area contributed by atoms with E-state index in [0.717, 1.165) is 31.9 Å². The average molecular weight is 293 g/mol. The molecule has 0 aliphatic carbocycles. The summed E-state index contributed by atoms with van der Waals surface area (Å²) in [5.74, 6) is 0.990. The highest BCUT2D eigenvalue weighted by atomic mass is 32.1. The van der Waals surface area contributed by atoms with Crippen molar-refractivity contribution in [1.82, 2.24) is 10.2 Å². The first-order valence-electron chi connectivity index (χ1n) is 7.31. The average Bonchev–Trinajstić information content (AvgIpc) is 2.96. The summed E-state index contributed by atoms with van der Waals surface area (Å²) in [5.41, 5.74) is 1.39. The van der Waals surface area contributed by atoms with Crippen LogP contribution in [0.1, 0.15) is 31.2 Å². The van der Waals surface area contributed by atoms with Gasteiger partial charge < -0.3 is 10.2 Å². The van der Waals surface area contributed by atoms with Crippen molar-refractivity contribution in [1.29, 1.82) is 0 Å². The van der Waals surface area contributed by atoms with E-state index in [1.165, 1.54) is 24.8 Å². The molecule has 0 aliphatic rings. The molecule has 0 unspecified atom stereocenters. The van der Waals surface area contributed by atoms with Gasteiger partial charge in [-0.15, -0.1) is 6.58 Å². The molecule has 20 heavy (non-hydrogen) atoms. The van der Waals surface area contributed by atoms with Gasteiger partial charge in [-0.2, -0.15) is 11.3 Å². The van der Waals surface area contributed by atoms with Crippen LogP contribution in [0.4, 0.5) is 0 Å². The lowest BCUT2D eigenvalue weighted by atomic mass is 10.2. The van der Waals surface area contributed by atoms with Gasteiger partial charge in [-0.3, -0.25) is 4.99 Å². The third-order valence-corrected chi connectivity index (χ3v) is 3.98. The number of aliphatic imine (C=N–C) groups is 1. The third kappa shape index (κ3) is 6.75. The van der Waals surface area contributed by atoms with Crippen LogP contribution in [0.2, 0.25) is 0 Å². The first kappa shape index (κ1) is 16.8. The number of unbranched alkanes of at least 4 members (excludes halogenated alkanes) is 3. The highest BCUT2D eigenvalue weighted by Crippen LogP contribution is 2.06. The minimum absolute atomic E-state index is 0.935. The van der Waals surface area contributed by atoms with Crippen LogP contribution in [0.25, 0.3) is 0 Å². The van der Waals surface area contributed by atoms with Crippen molar-refractivity contribution in [3.05, 3.63) is 35.0 Å². The van der Waals surface area contributed by atoms with Crippen LogP contribution in [0, 0.1) is 0 Å². The van der Waals surface area contributed by atoms with Crippen molar-refractivity contribution in [2.45, 2.75) is 32.1 Å². The van der Waals surface area contributed by atoms with Crippen molar-refractivity contribution in [2.24, 2.45) is 4.99 Å². The summed E-state index contributed by atoms with van der Waals surface area (Å²) in [5, 5.41) is 7.75. The molecule has 0 aromatic carbocycles. The molecular formula is C16H27N3S. The van der Waals surface area contributed by atoms with Gasteiger partial charge >= 0.3 is 0 Å². The summed E-state index contributed by atoms with van der Waals surface area (Å²) in [7, 11) is 3.95. The second-order valence-electron chi connectivity index (χ2n) is 4.92. The van der Waals surface area contributed by atoms with Gasteiger partial charge in [-0.25, -0.2) is 0 Å². The number of nitrogens with one attached hydrogen (secondary N) is 1. The first-order valence-corrected chi connectivity index (χ1v) is 8.26. The predicted octanol–water partition coefficient (Wildman–Crippen LogP) is 3.54. The molecule has 3 nitrogen and oxygen atoms in total. The van der Waals surface area contributed by atoms with Crippen LogP contribution in [0.3, 0.4) is 0 Å². The molecule has 0 saturated carbocycles. The Morgan fingerprint density at radius 1 is 1.45 bits per heavy atom. The molecule has 0 amide bonds. The fourth-order valence-corrected chi connectivity index (χ4v) is 2.76. The van der Waals surface area contributed by atoms with E-state index in [2.05, 4.69) is 45.7 Å². The molecule has 1 aromatic rings. The third-order valence-electron chi connectivity index (χ3n) is 3.25. The van der Waals surface area contributed by atoms with E-state index in [-0.39, 0.29) is 0 Å². The number of hydrogen-bond donors (Lipinski definition) is 1. The van der Waals surface area contributed by atoms with Crippen LogP contribution in [0.15, 0.2) is 34.5 Å². The minimum atomic E-state index is 0.935. The van der Waals surface area contributed by atoms with Crippen LogP contribution in [0.5, 0.6) is 0 Å². The fourth-order valence-electron chi connectivity index (χ4n) is 2.06. The molecule has 0 aliphatic heterocycles. The maximum absolute atomic E-state index is 4.34. The van der Waals surface area contributed by atoms with Crippen molar-refractivity contribution < 1.29 is 0 Å². The van der Waals surface area contributed by atoms with Gasteiger partial charge in [-0.05, 0) is 48.1 Å². The van der Waals surface area contributed by atoms with Gasteiger partial charge in [0.15, 0.2) is 5.96 Å². The van der Waals surface area contributed by atoms with Gasteiger partial charge in [0.2, 0.25) is 0 Å². The lowest BCUT2D eigenvalue weighted by Gasteiger charge is -2.22. The van der Waals surface area contributed by atoms with Crippen molar-refractivity contribution in [3.63, 3.8) is 0 Å². The number of nitrogens with zero attached hydrogens (tertiary/aromatic N) is 2. The van der Waals surface area contributed by atoms with E-state index in [4.69, 9.17) is 0 Å². The van der Waals surface area contributed by atoms with Crippen molar-refractivity contribution in [2.75, 3.05) is 27.2 Å². The Morgan fingerprint density at radius 3 is 2.95 bits per heavy atom. The topological polar surface area (TPSA) is 27.6 Å². The molecule has 1 rings (SSSR count). The maximum atomic E-state index is 4.34. The molecule has 1 N–H and O–H groups in total. The number of guanidine groups is 1. The molecule has 112 valence electrons. The fraction of sp³-hybridized carbons (Fsp3) is 0.562. The summed E-state index contributed by atoms with van der Waals surface area (Å²) in [4.78, 5) is 6.55.